The van der Waals surface area contributed by atoms with E-state index in [2.05, 4.69) is 43.3 Å². The Morgan fingerprint density at radius 2 is 2.13 bits per heavy atom. The van der Waals surface area contributed by atoms with Crippen molar-refractivity contribution in [2.45, 2.75) is 19.4 Å². The van der Waals surface area contributed by atoms with E-state index in [0.29, 0.717) is 0 Å². The van der Waals surface area contributed by atoms with Crippen LogP contribution in [0.2, 0.25) is 0 Å². The van der Waals surface area contributed by atoms with Crippen LogP contribution < -0.4 is 0 Å². The van der Waals surface area contributed by atoms with Gasteiger partial charge in [0.25, 0.3) is 0 Å². The Kier molecular flexibility index (Phi) is 2.00. The first-order chi connectivity index (χ1) is 7.36. The molecule has 1 heterocycles. The van der Waals surface area contributed by atoms with Crippen molar-refractivity contribution in [3.8, 4) is 0 Å². The number of hydrogen-bond donors (Lipinski definition) is 0. The zero-order valence-electron chi connectivity index (χ0n) is 8.86. The lowest BCUT2D eigenvalue weighted by Gasteiger charge is -2.29. The lowest BCUT2D eigenvalue weighted by Crippen LogP contribution is -2.22. The fraction of sp³-hybridized carbons (Fsp3) is 0.286. The molecular formula is C14H14O. The van der Waals surface area contributed by atoms with Crippen molar-refractivity contribution < 1.29 is 4.74 Å². The average molecular weight is 198 g/mol. The second-order valence-electron chi connectivity index (χ2n) is 4.18. The SMILES string of the molecule is CC1=C2c3ccccc3C=CC2OCC1. The predicted molar refractivity (Wildman–Crippen MR) is 62.4 cm³/mol. The molecule has 76 valence electrons. The van der Waals surface area contributed by atoms with Crippen LogP contribution in [0.4, 0.5) is 0 Å². The maximum atomic E-state index is 5.76. The lowest BCUT2D eigenvalue weighted by atomic mass is 9.85. The summed E-state index contributed by atoms with van der Waals surface area (Å²) in [5.74, 6) is 0. The zero-order valence-corrected chi connectivity index (χ0v) is 8.86. The molecule has 0 aromatic heterocycles. The van der Waals surface area contributed by atoms with Crippen LogP contribution in [-0.2, 0) is 4.74 Å². The summed E-state index contributed by atoms with van der Waals surface area (Å²) in [7, 11) is 0. The lowest BCUT2D eigenvalue weighted by molar-refractivity contribution is 0.114. The maximum absolute atomic E-state index is 5.76. The molecule has 1 heteroatoms. The molecule has 0 radical (unpaired) electrons. The molecular weight excluding hydrogens is 184 g/mol. The minimum Gasteiger partial charge on any atom is -0.369 e. The van der Waals surface area contributed by atoms with Crippen molar-refractivity contribution in [3.05, 3.63) is 47.0 Å². The van der Waals surface area contributed by atoms with E-state index in [0.717, 1.165) is 13.0 Å². The van der Waals surface area contributed by atoms with E-state index >= 15 is 0 Å². The highest BCUT2D eigenvalue weighted by Crippen LogP contribution is 2.36. The van der Waals surface area contributed by atoms with Gasteiger partial charge >= 0.3 is 0 Å². The first-order valence-corrected chi connectivity index (χ1v) is 5.45. The first-order valence-electron chi connectivity index (χ1n) is 5.45. The van der Waals surface area contributed by atoms with Crippen molar-refractivity contribution in [1.29, 1.82) is 0 Å². The van der Waals surface area contributed by atoms with Gasteiger partial charge in [0, 0.05) is 0 Å². The highest BCUT2D eigenvalue weighted by Gasteiger charge is 2.24. The monoisotopic (exact) mass is 198 g/mol. The van der Waals surface area contributed by atoms with E-state index in [-0.39, 0.29) is 6.10 Å². The van der Waals surface area contributed by atoms with Crippen molar-refractivity contribution in [2.24, 2.45) is 0 Å². The standard InChI is InChI=1S/C14H14O/c1-10-8-9-15-13-7-6-11-4-2-3-5-12(11)14(10)13/h2-7,13H,8-9H2,1H3. The average Bonchev–Trinajstić information content (AvgIpc) is 2.29. The fourth-order valence-corrected chi connectivity index (χ4v) is 2.41. The van der Waals surface area contributed by atoms with E-state index in [1.165, 1.54) is 22.3 Å². The number of rotatable bonds is 0. The Hall–Kier alpha value is -1.34. The summed E-state index contributed by atoms with van der Waals surface area (Å²) in [6.07, 6.45) is 5.59. The number of benzene rings is 1. The molecule has 1 unspecified atom stereocenters. The normalized spacial score (nSPS) is 23.7. The molecule has 2 aliphatic rings. The van der Waals surface area contributed by atoms with Crippen LogP contribution in [0.1, 0.15) is 24.5 Å². The van der Waals surface area contributed by atoms with Gasteiger partial charge in [-0.15, -0.1) is 0 Å². The van der Waals surface area contributed by atoms with Gasteiger partial charge in [0.2, 0.25) is 0 Å². The largest absolute Gasteiger partial charge is 0.369 e. The van der Waals surface area contributed by atoms with Crippen molar-refractivity contribution in [3.63, 3.8) is 0 Å². The molecule has 1 aliphatic heterocycles. The van der Waals surface area contributed by atoms with Gasteiger partial charge < -0.3 is 4.74 Å². The quantitative estimate of drug-likeness (QED) is 0.621. The van der Waals surface area contributed by atoms with Crippen LogP contribution in [0.25, 0.3) is 11.6 Å². The molecule has 3 rings (SSSR count). The smallest absolute Gasteiger partial charge is 0.102 e. The number of fused-ring (bicyclic) bond motifs is 3. The van der Waals surface area contributed by atoms with Crippen molar-refractivity contribution >= 4 is 11.6 Å². The third-order valence-electron chi connectivity index (χ3n) is 3.22. The summed E-state index contributed by atoms with van der Waals surface area (Å²) >= 11 is 0. The summed E-state index contributed by atoms with van der Waals surface area (Å²) in [6.45, 7) is 3.08. The zero-order chi connectivity index (χ0) is 10.3. The van der Waals surface area contributed by atoms with Gasteiger partial charge in [-0.25, -0.2) is 0 Å². The second kappa shape index (κ2) is 3.35. The summed E-state index contributed by atoms with van der Waals surface area (Å²) in [5, 5.41) is 0. The molecule has 1 aromatic rings. The number of hydrogen-bond acceptors (Lipinski definition) is 1. The summed E-state index contributed by atoms with van der Waals surface area (Å²) in [4.78, 5) is 0. The molecule has 1 nitrogen and oxygen atoms in total. The van der Waals surface area contributed by atoms with E-state index in [1.54, 1.807) is 0 Å². The Morgan fingerprint density at radius 3 is 3.07 bits per heavy atom. The van der Waals surface area contributed by atoms with Gasteiger partial charge in [0.05, 0.1) is 6.61 Å². The summed E-state index contributed by atoms with van der Waals surface area (Å²) < 4.78 is 5.76. The fourth-order valence-electron chi connectivity index (χ4n) is 2.41. The first kappa shape index (κ1) is 8.93. The van der Waals surface area contributed by atoms with Crippen LogP contribution in [0, 0.1) is 0 Å². The van der Waals surface area contributed by atoms with Crippen LogP contribution >= 0.6 is 0 Å². The Balaban J connectivity index is 2.23. The van der Waals surface area contributed by atoms with E-state index in [4.69, 9.17) is 4.74 Å². The number of ether oxygens (including phenoxy) is 1. The molecule has 0 amide bonds. The molecule has 0 fully saturated rings. The van der Waals surface area contributed by atoms with E-state index in [9.17, 15) is 0 Å². The molecule has 0 saturated heterocycles. The third-order valence-corrected chi connectivity index (χ3v) is 3.22. The van der Waals surface area contributed by atoms with Gasteiger partial charge in [-0.2, -0.15) is 0 Å². The minimum atomic E-state index is 0.189. The van der Waals surface area contributed by atoms with Gasteiger partial charge in [-0.05, 0) is 30.0 Å². The molecule has 0 saturated carbocycles. The van der Waals surface area contributed by atoms with E-state index < -0.39 is 0 Å². The van der Waals surface area contributed by atoms with E-state index in [1.807, 2.05) is 0 Å². The topological polar surface area (TPSA) is 9.23 Å². The van der Waals surface area contributed by atoms with Gasteiger partial charge in [0.15, 0.2) is 0 Å². The van der Waals surface area contributed by atoms with Crippen LogP contribution in [0.5, 0.6) is 0 Å². The van der Waals surface area contributed by atoms with Crippen LogP contribution in [0.3, 0.4) is 0 Å². The molecule has 1 atom stereocenters. The minimum absolute atomic E-state index is 0.189. The Bertz CT molecular complexity index is 454. The van der Waals surface area contributed by atoms with Gasteiger partial charge in [-0.1, -0.05) is 42.0 Å². The molecule has 1 aromatic carbocycles. The van der Waals surface area contributed by atoms with Crippen LogP contribution in [0.15, 0.2) is 35.9 Å². The highest BCUT2D eigenvalue weighted by molar-refractivity contribution is 5.84. The molecule has 15 heavy (non-hydrogen) atoms. The summed E-state index contributed by atoms with van der Waals surface area (Å²) in [6, 6.07) is 8.54. The molecule has 0 bridgehead atoms. The third kappa shape index (κ3) is 1.35. The molecule has 0 spiro atoms. The Morgan fingerprint density at radius 1 is 1.27 bits per heavy atom. The van der Waals surface area contributed by atoms with Crippen molar-refractivity contribution in [1.82, 2.24) is 0 Å². The molecule has 1 aliphatic carbocycles. The Labute approximate surface area is 90.1 Å². The highest BCUT2D eigenvalue weighted by atomic mass is 16.5. The maximum Gasteiger partial charge on any atom is 0.102 e. The second-order valence-corrected chi connectivity index (χ2v) is 4.18. The van der Waals surface area contributed by atoms with Crippen LogP contribution in [-0.4, -0.2) is 12.7 Å². The van der Waals surface area contributed by atoms with Gasteiger partial charge in [0.1, 0.15) is 6.10 Å². The molecule has 0 N–H and O–H groups in total. The van der Waals surface area contributed by atoms with Crippen molar-refractivity contribution in [2.75, 3.05) is 6.61 Å². The predicted octanol–water partition coefficient (Wildman–Crippen LogP) is 3.28. The summed E-state index contributed by atoms with van der Waals surface area (Å²) in [5.41, 5.74) is 5.53. The van der Waals surface area contributed by atoms with Gasteiger partial charge in [-0.3, -0.25) is 0 Å².